The van der Waals surface area contributed by atoms with Gasteiger partial charge in [0.05, 0.1) is 14.2 Å². The molecule has 31 heavy (non-hydrogen) atoms. The Morgan fingerprint density at radius 1 is 0.968 bits per heavy atom. The number of rotatable bonds is 5. The Morgan fingerprint density at radius 3 is 2.32 bits per heavy atom. The number of benzene rings is 3. The zero-order chi connectivity index (χ0) is 22.1. The predicted octanol–water partition coefficient (Wildman–Crippen LogP) is 5.69. The zero-order valence-electron chi connectivity index (χ0n) is 18.2. The van der Waals surface area contributed by atoms with Crippen LogP contribution in [0.2, 0.25) is 0 Å². The molecule has 0 spiro atoms. The van der Waals surface area contributed by atoms with Gasteiger partial charge in [-0.15, -0.1) is 0 Å². The lowest BCUT2D eigenvalue weighted by Gasteiger charge is -2.15. The largest absolute Gasteiger partial charge is 0.496 e. The van der Waals surface area contributed by atoms with E-state index in [4.69, 9.17) is 13.9 Å². The molecule has 6 nitrogen and oxygen atoms in total. The fraction of sp³-hybridized carbons (Fsp3) is 0.200. The fourth-order valence-corrected chi connectivity index (χ4v) is 3.75. The topological polar surface area (TPSA) is 73.6 Å². The van der Waals surface area contributed by atoms with Crippen molar-refractivity contribution in [1.82, 2.24) is 4.98 Å². The highest BCUT2D eigenvalue weighted by Gasteiger charge is 2.20. The van der Waals surface area contributed by atoms with Gasteiger partial charge in [-0.2, -0.15) is 0 Å². The van der Waals surface area contributed by atoms with Gasteiger partial charge in [-0.3, -0.25) is 4.79 Å². The van der Waals surface area contributed by atoms with E-state index >= 15 is 0 Å². The summed E-state index contributed by atoms with van der Waals surface area (Å²) in [6, 6.07) is 14.9. The summed E-state index contributed by atoms with van der Waals surface area (Å²) < 4.78 is 16.8. The number of nitrogens with zero attached hydrogens (tertiary/aromatic N) is 1. The number of methoxy groups -OCH3 is 2. The predicted molar refractivity (Wildman–Crippen MR) is 121 cm³/mol. The van der Waals surface area contributed by atoms with Crippen molar-refractivity contribution in [3.8, 4) is 23.0 Å². The van der Waals surface area contributed by atoms with E-state index in [9.17, 15) is 4.79 Å². The van der Waals surface area contributed by atoms with E-state index in [1.54, 1.807) is 18.2 Å². The molecule has 158 valence electrons. The molecule has 4 rings (SSSR count). The van der Waals surface area contributed by atoms with E-state index in [-0.39, 0.29) is 5.91 Å². The molecule has 3 aromatic carbocycles. The summed E-state index contributed by atoms with van der Waals surface area (Å²) >= 11 is 0. The molecule has 0 saturated heterocycles. The molecule has 6 heteroatoms. The van der Waals surface area contributed by atoms with E-state index in [0.717, 1.165) is 33.4 Å². The maximum Gasteiger partial charge on any atom is 0.263 e. The second-order valence-electron chi connectivity index (χ2n) is 7.42. The van der Waals surface area contributed by atoms with Crippen LogP contribution in [0.25, 0.3) is 22.6 Å². The summed E-state index contributed by atoms with van der Waals surface area (Å²) in [6.07, 6.45) is 0. The standard InChI is InChI=1S/C25H24N2O4/c1-14-12-15(2)23-19(13-14)27-25(31-23)17-8-6-9-18(16(17)3)26-24(28)22-20(29-4)10-7-11-21(22)30-5/h6-13H,1-5H3,(H,26,28). The molecule has 0 unspecified atom stereocenters. The van der Waals surface area contributed by atoms with E-state index in [2.05, 4.69) is 16.4 Å². The number of oxazole rings is 1. The van der Waals surface area contributed by atoms with Crippen LogP contribution < -0.4 is 14.8 Å². The lowest BCUT2D eigenvalue weighted by Crippen LogP contribution is -2.15. The average Bonchev–Trinajstić information content (AvgIpc) is 3.18. The van der Waals surface area contributed by atoms with Crippen molar-refractivity contribution in [3.63, 3.8) is 0 Å². The number of carbonyl (C=O) groups is 1. The molecular formula is C25H24N2O4. The molecule has 0 saturated carbocycles. The normalized spacial score (nSPS) is 10.9. The van der Waals surface area contributed by atoms with Gasteiger partial charge >= 0.3 is 0 Å². The number of ether oxygens (including phenoxy) is 2. The van der Waals surface area contributed by atoms with Crippen molar-refractivity contribution >= 4 is 22.7 Å². The first-order valence-electron chi connectivity index (χ1n) is 9.93. The third-order valence-electron chi connectivity index (χ3n) is 5.29. The highest BCUT2D eigenvalue weighted by atomic mass is 16.5. The summed E-state index contributed by atoms with van der Waals surface area (Å²) in [5.41, 5.74) is 6.43. The molecule has 1 N–H and O–H groups in total. The molecule has 4 aromatic rings. The summed E-state index contributed by atoms with van der Waals surface area (Å²) in [6.45, 7) is 5.97. The van der Waals surface area contributed by atoms with Crippen LogP contribution in [-0.4, -0.2) is 25.1 Å². The SMILES string of the molecule is COc1cccc(OC)c1C(=O)Nc1cccc(-c2nc3cc(C)cc(C)c3o2)c1C. The van der Waals surface area contributed by atoms with Crippen molar-refractivity contribution in [2.24, 2.45) is 0 Å². The monoisotopic (exact) mass is 416 g/mol. The van der Waals surface area contributed by atoms with Crippen LogP contribution in [0.4, 0.5) is 5.69 Å². The highest BCUT2D eigenvalue weighted by Crippen LogP contribution is 2.33. The molecule has 0 radical (unpaired) electrons. The Bertz CT molecular complexity index is 1270. The number of amides is 1. The molecule has 0 fully saturated rings. The van der Waals surface area contributed by atoms with Crippen LogP contribution >= 0.6 is 0 Å². The maximum absolute atomic E-state index is 13.1. The Balaban J connectivity index is 1.73. The second-order valence-corrected chi connectivity index (χ2v) is 7.42. The van der Waals surface area contributed by atoms with Crippen LogP contribution in [0, 0.1) is 20.8 Å². The first kappa shape index (κ1) is 20.5. The molecule has 0 aliphatic rings. The van der Waals surface area contributed by atoms with Gasteiger partial charge in [-0.05, 0) is 67.8 Å². The average molecular weight is 416 g/mol. The number of nitrogens with one attached hydrogen (secondary N) is 1. The Hall–Kier alpha value is -3.80. The molecule has 0 bridgehead atoms. The minimum atomic E-state index is -0.321. The van der Waals surface area contributed by atoms with Crippen LogP contribution in [0.15, 0.2) is 52.9 Å². The number of hydrogen-bond donors (Lipinski definition) is 1. The third-order valence-corrected chi connectivity index (χ3v) is 5.29. The molecule has 1 aromatic heterocycles. The minimum absolute atomic E-state index is 0.321. The molecular weight excluding hydrogens is 392 g/mol. The molecule has 0 aliphatic carbocycles. The van der Waals surface area contributed by atoms with Crippen molar-refractivity contribution in [3.05, 3.63) is 70.8 Å². The number of fused-ring (bicyclic) bond motifs is 1. The van der Waals surface area contributed by atoms with Gasteiger partial charge in [-0.25, -0.2) is 4.98 Å². The maximum atomic E-state index is 13.1. The van der Waals surface area contributed by atoms with Gasteiger partial charge < -0.3 is 19.2 Å². The Morgan fingerprint density at radius 2 is 1.65 bits per heavy atom. The van der Waals surface area contributed by atoms with Gasteiger partial charge in [0.2, 0.25) is 5.89 Å². The molecule has 1 amide bonds. The fourth-order valence-electron chi connectivity index (χ4n) is 3.75. The smallest absolute Gasteiger partial charge is 0.263 e. The zero-order valence-corrected chi connectivity index (χ0v) is 18.2. The van der Waals surface area contributed by atoms with Crippen molar-refractivity contribution in [2.75, 3.05) is 19.5 Å². The van der Waals surface area contributed by atoms with Gasteiger partial charge in [0.25, 0.3) is 5.91 Å². The number of carbonyl (C=O) groups excluding carboxylic acids is 1. The van der Waals surface area contributed by atoms with E-state index < -0.39 is 0 Å². The van der Waals surface area contributed by atoms with E-state index in [0.29, 0.717) is 28.6 Å². The number of hydrogen-bond acceptors (Lipinski definition) is 5. The quantitative estimate of drug-likeness (QED) is 0.452. The minimum Gasteiger partial charge on any atom is -0.496 e. The van der Waals surface area contributed by atoms with E-state index in [1.807, 2.05) is 45.0 Å². The Kier molecular flexibility index (Phi) is 5.38. The lowest BCUT2D eigenvalue weighted by molar-refractivity contribution is 0.102. The molecule has 0 atom stereocenters. The summed E-state index contributed by atoms with van der Waals surface area (Å²) in [5, 5.41) is 2.97. The summed E-state index contributed by atoms with van der Waals surface area (Å²) in [4.78, 5) is 17.8. The highest BCUT2D eigenvalue weighted by molar-refractivity contribution is 6.08. The van der Waals surface area contributed by atoms with Crippen molar-refractivity contribution in [2.45, 2.75) is 20.8 Å². The van der Waals surface area contributed by atoms with Crippen molar-refractivity contribution in [1.29, 1.82) is 0 Å². The third kappa shape index (κ3) is 3.72. The van der Waals surface area contributed by atoms with Crippen LogP contribution in [0.1, 0.15) is 27.0 Å². The number of aryl methyl sites for hydroxylation is 2. The Labute approximate surface area is 180 Å². The summed E-state index contributed by atoms with van der Waals surface area (Å²) in [7, 11) is 3.04. The summed E-state index contributed by atoms with van der Waals surface area (Å²) in [5.74, 6) is 1.08. The first-order chi connectivity index (χ1) is 14.9. The van der Waals surface area contributed by atoms with Gasteiger partial charge in [0, 0.05) is 11.3 Å². The molecule has 0 aliphatic heterocycles. The van der Waals surface area contributed by atoms with Gasteiger partial charge in [0.1, 0.15) is 22.6 Å². The van der Waals surface area contributed by atoms with Crippen LogP contribution in [0.5, 0.6) is 11.5 Å². The van der Waals surface area contributed by atoms with Gasteiger partial charge in [0.15, 0.2) is 5.58 Å². The van der Waals surface area contributed by atoms with Crippen LogP contribution in [-0.2, 0) is 0 Å². The molecule has 1 heterocycles. The number of anilines is 1. The van der Waals surface area contributed by atoms with Gasteiger partial charge in [-0.1, -0.05) is 18.2 Å². The van der Waals surface area contributed by atoms with Crippen LogP contribution in [0.3, 0.4) is 0 Å². The first-order valence-corrected chi connectivity index (χ1v) is 9.93. The van der Waals surface area contributed by atoms with E-state index in [1.165, 1.54) is 14.2 Å². The van der Waals surface area contributed by atoms with Crippen molar-refractivity contribution < 1.29 is 18.7 Å². The number of aromatic nitrogens is 1. The second kappa shape index (κ2) is 8.14. The lowest BCUT2D eigenvalue weighted by atomic mass is 10.1.